The van der Waals surface area contributed by atoms with Crippen LogP contribution in [0.2, 0.25) is 0 Å². The van der Waals surface area contributed by atoms with E-state index >= 15 is 0 Å². The van der Waals surface area contributed by atoms with Crippen molar-refractivity contribution in [2.24, 2.45) is 5.92 Å². The van der Waals surface area contributed by atoms with Gasteiger partial charge in [-0.15, -0.1) is 0 Å². The Hall–Kier alpha value is -0.0800. The molecule has 3 unspecified atom stereocenters. The smallest absolute Gasteiger partial charge is 0.0728 e. The molecule has 2 heteroatoms. The van der Waals surface area contributed by atoms with Crippen LogP contribution in [-0.4, -0.2) is 24.8 Å². The lowest BCUT2D eigenvalue weighted by Crippen LogP contribution is -2.50. The largest absolute Gasteiger partial charge is 0.376 e. The monoisotopic (exact) mass is 199 g/mol. The van der Waals surface area contributed by atoms with E-state index in [0.717, 1.165) is 6.61 Å². The molecule has 1 heterocycles. The van der Waals surface area contributed by atoms with Crippen LogP contribution in [0.5, 0.6) is 0 Å². The highest BCUT2D eigenvalue weighted by Crippen LogP contribution is 2.19. The van der Waals surface area contributed by atoms with E-state index in [1.54, 1.807) is 0 Å². The molecule has 0 aromatic heterocycles. The van der Waals surface area contributed by atoms with Gasteiger partial charge in [0.2, 0.25) is 0 Å². The van der Waals surface area contributed by atoms with Gasteiger partial charge in [-0.3, -0.25) is 0 Å². The fourth-order valence-corrected chi connectivity index (χ4v) is 2.07. The minimum atomic E-state index is 0.443. The van der Waals surface area contributed by atoms with E-state index in [4.69, 9.17) is 4.74 Å². The van der Waals surface area contributed by atoms with Gasteiger partial charge in [0.25, 0.3) is 0 Å². The summed E-state index contributed by atoms with van der Waals surface area (Å²) in [4.78, 5) is 0. The summed E-state index contributed by atoms with van der Waals surface area (Å²) >= 11 is 0. The predicted octanol–water partition coefficient (Wildman–Crippen LogP) is 2.58. The van der Waals surface area contributed by atoms with Gasteiger partial charge in [0.1, 0.15) is 0 Å². The SMILES string of the molecule is CCC1NC(C)CCC1OCC(C)C. The Bertz CT molecular complexity index is 158. The minimum absolute atomic E-state index is 0.443. The third-order valence-corrected chi connectivity index (χ3v) is 2.92. The zero-order chi connectivity index (χ0) is 10.6. The molecule has 0 aromatic carbocycles. The Labute approximate surface area is 88.4 Å². The summed E-state index contributed by atoms with van der Waals surface area (Å²) in [5.74, 6) is 0.645. The van der Waals surface area contributed by atoms with Gasteiger partial charge < -0.3 is 10.1 Å². The quantitative estimate of drug-likeness (QED) is 0.751. The Morgan fingerprint density at radius 3 is 2.64 bits per heavy atom. The maximum Gasteiger partial charge on any atom is 0.0728 e. The molecule has 0 saturated carbocycles. The first-order valence-electron chi connectivity index (χ1n) is 6.01. The molecule has 1 fully saturated rings. The molecule has 2 nitrogen and oxygen atoms in total. The van der Waals surface area contributed by atoms with Gasteiger partial charge in [-0.2, -0.15) is 0 Å². The average Bonchev–Trinajstić information content (AvgIpc) is 2.15. The number of rotatable bonds is 4. The van der Waals surface area contributed by atoms with Crippen molar-refractivity contribution in [2.45, 2.75) is 65.1 Å². The van der Waals surface area contributed by atoms with Crippen LogP contribution in [0, 0.1) is 5.92 Å². The Morgan fingerprint density at radius 2 is 2.07 bits per heavy atom. The van der Waals surface area contributed by atoms with E-state index in [1.165, 1.54) is 19.3 Å². The molecule has 1 rings (SSSR count). The fraction of sp³-hybridized carbons (Fsp3) is 1.00. The molecule has 84 valence electrons. The fourth-order valence-electron chi connectivity index (χ4n) is 2.07. The molecule has 1 saturated heterocycles. The molecule has 3 atom stereocenters. The van der Waals surface area contributed by atoms with Crippen LogP contribution < -0.4 is 5.32 Å². The average molecular weight is 199 g/mol. The normalized spacial score (nSPS) is 33.6. The van der Waals surface area contributed by atoms with Gasteiger partial charge in [0.05, 0.1) is 6.10 Å². The van der Waals surface area contributed by atoms with E-state index in [1.807, 2.05) is 0 Å². The lowest BCUT2D eigenvalue weighted by Gasteiger charge is -2.36. The van der Waals surface area contributed by atoms with E-state index in [0.29, 0.717) is 24.1 Å². The van der Waals surface area contributed by atoms with Crippen molar-refractivity contribution < 1.29 is 4.74 Å². The van der Waals surface area contributed by atoms with Crippen molar-refractivity contribution in [3.05, 3.63) is 0 Å². The summed E-state index contributed by atoms with van der Waals surface area (Å²) in [6.07, 6.45) is 4.09. The maximum atomic E-state index is 5.93. The van der Waals surface area contributed by atoms with Crippen LogP contribution in [0.25, 0.3) is 0 Å². The highest BCUT2D eigenvalue weighted by molar-refractivity contribution is 4.85. The van der Waals surface area contributed by atoms with Crippen LogP contribution in [0.15, 0.2) is 0 Å². The van der Waals surface area contributed by atoms with Gasteiger partial charge in [-0.05, 0) is 32.1 Å². The molecule has 14 heavy (non-hydrogen) atoms. The number of nitrogens with one attached hydrogen (secondary N) is 1. The molecule has 0 aliphatic carbocycles. The second-order valence-corrected chi connectivity index (χ2v) is 4.93. The lowest BCUT2D eigenvalue weighted by atomic mass is 9.95. The van der Waals surface area contributed by atoms with Gasteiger partial charge in [-0.25, -0.2) is 0 Å². The number of piperidine rings is 1. The highest BCUT2D eigenvalue weighted by atomic mass is 16.5. The standard InChI is InChI=1S/C12H25NO/c1-5-11-12(14-8-9(2)3)7-6-10(4)13-11/h9-13H,5-8H2,1-4H3. The number of hydrogen-bond donors (Lipinski definition) is 1. The zero-order valence-corrected chi connectivity index (χ0v) is 10.0. The van der Waals surface area contributed by atoms with Crippen molar-refractivity contribution in [1.82, 2.24) is 5.32 Å². The van der Waals surface area contributed by atoms with Gasteiger partial charge in [-0.1, -0.05) is 20.8 Å². The number of hydrogen-bond acceptors (Lipinski definition) is 2. The van der Waals surface area contributed by atoms with Gasteiger partial charge in [0, 0.05) is 18.7 Å². The summed E-state index contributed by atoms with van der Waals surface area (Å²) < 4.78 is 5.93. The van der Waals surface area contributed by atoms with Crippen molar-refractivity contribution in [2.75, 3.05) is 6.61 Å². The molecular formula is C12H25NO. The lowest BCUT2D eigenvalue weighted by molar-refractivity contribution is -0.0124. The Morgan fingerprint density at radius 1 is 1.36 bits per heavy atom. The zero-order valence-electron chi connectivity index (χ0n) is 10.0. The first kappa shape index (κ1) is 12.0. The molecule has 0 bridgehead atoms. The Balaban J connectivity index is 2.34. The van der Waals surface area contributed by atoms with E-state index in [9.17, 15) is 0 Å². The first-order valence-corrected chi connectivity index (χ1v) is 6.01. The van der Waals surface area contributed by atoms with Crippen molar-refractivity contribution >= 4 is 0 Å². The van der Waals surface area contributed by atoms with E-state index in [-0.39, 0.29) is 0 Å². The Kier molecular flexibility index (Phi) is 4.90. The summed E-state index contributed by atoms with van der Waals surface area (Å²) in [7, 11) is 0. The molecule has 1 N–H and O–H groups in total. The van der Waals surface area contributed by atoms with Crippen LogP contribution in [0.3, 0.4) is 0 Å². The third kappa shape index (κ3) is 3.58. The molecule has 0 amide bonds. The maximum absolute atomic E-state index is 5.93. The summed E-state index contributed by atoms with van der Waals surface area (Å²) in [5.41, 5.74) is 0. The molecule has 0 radical (unpaired) electrons. The van der Waals surface area contributed by atoms with Crippen molar-refractivity contribution in [1.29, 1.82) is 0 Å². The topological polar surface area (TPSA) is 21.3 Å². The second-order valence-electron chi connectivity index (χ2n) is 4.93. The van der Waals surface area contributed by atoms with Crippen LogP contribution in [0.4, 0.5) is 0 Å². The second kappa shape index (κ2) is 5.72. The highest BCUT2D eigenvalue weighted by Gasteiger charge is 2.27. The van der Waals surface area contributed by atoms with Crippen LogP contribution in [-0.2, 0) is 4.74 Å². The summed E-state index contributed by atoms with van der Waals surface area (Å²) in [6, 6.07) is 1.23. The van der Waals surface area contributed by atoms with Crippen LogP contribution in [0.1, 0.15) is 47.0 Å². The number of ether oxygens (including phenoxy) is 1. The molecule has 1 aliphatic rings. The summed E-state index contributed by atoms with van der Waals surface area (Å²) in [6.45, 7) is 9.82. The first-order chi connectivity index (χ1) is 6.63. The van der Waals surface area contributed by atoms with Crippen LogP contribution >= 0.6 is 0 Å². The molecule has 1 aliphatic heterocycles. The molecular weight excluding hydrogens is 174 g/mol. The van der Waals surface area contributed by atoms with E-state index < -0.39 is 0 Å². The van der Waals surface area contributed by atoms with E-state index in [2.05, 4.69) is 33.0 Å². The molecule has 0 spiro atoms. The minimum Gasteiger partial charge on any atom is -0.376 e. The predicted molar refractivity (Wildman–Crippen MR) is 60.5 cm³/mol. The molecule has 0 aromatic rings. The van der Waals surface area contributed by atoms with Gasteiger partial charge in [0.15, 0.2) is 0 Å². The summed E-state index contributed by atoms with van der Waals surface area (Å²) in [5, 5.41) is 3.61. The van der Waals surface area contributed by atoms with Crippen molar-refractivity contribution in [3.8, 4) is 0 Å². The third-order valence-electron chi connectivity index (χ3n) is 2.92. The van der Waals surface area contributed by atoms with Crippen molar-refractivity contribution in [3.63, 3.8) is 0 Å². The van der Waals surface area contributed by atoms with Gasteiger partial charge >= 0.3 is 0 Å².